The van der Waals surface area contributed by atoms with Gasteiger partial charge in [-0.2, -0.15) is 4.31 Å². The highest BCUT2D eigenvalue weighted by atomic mass is 35.5. The number of halogens is 2. The van der Waals surface area contributed by atoms with Crippen LogP contribution in [-0.2, 0) is 27.9 Å². The highest BCUT2D eigenvalue weighted by Crippen LogP contribution is 2.28. The van der Waals surface area contributed by atoms with E-state index >= 15 is 0 Å². The molecule has 0 saturated heterocycles. The molecule has 0 atom stereocenters. The van der Waals surface area contributed by atoms with Gasteiger partial charge in [0.2, 0.25) is 15.9 Å². The van der Waals surface area contributed by atoms with Crippen LogP contribution in [0.3, 0.4) is 0 Å². The number of sulfonamides is 1. The Morgan fingerprint density at radius 2 is 1.52 bits per heavy atom. The third kappa shape index (κ3) is 6.36. The van der Waals surface area contributed by atoms with E-state index in [1.807, 2.05) is 49.4 Å². The van der Waals surface area contributed by atoms with Crippen molar-refractivity contribution in [1.82, 2.24) is 9.62 Å². The molecule has 5 nitrogen and oxygen atoms in total. The third-order valence-electron chi connectivity index (χ3n) is 5.20. The van der Waals surface area contributed by atoms with E-state index in [2.05, 4.69) is 5.32 Å². The molecular weight excluding hydrogens is 479 g/mol. The van der Waals surface area contributed by atoms with Crippen molar-refractivity contribution in [3.63, 3.8) is 0 Å². The average Bonchev–Trinajstić information content (AvgIpc) is 2.74. The number of aryl methyl sites for hydroxylation is 3. The van der Waals surface area contributed by atoms with Gasteiger partial charge in [0.25, 0.3) is 0 Å². The molecule has 0 fully saturated rings. The molecule has 1 amide bonds. The van der Waals surface area contributed by atoms with Crippen LogP contribution in [0.2, 0.25) is 10.0 Å². The molecule has 0 bridgehead atoms. The molecule has 33 heavy (non-hydrogen) atoms. The summed E-state index contributed by atoms with van der Waals surface area (Å²) in [7, 11) is -3.98. The second-order valence-corrected chi connectivity index (χ2v) is 10.7. The topological polar surface area (TPSA) is 66.5 Å². The highest BCUT2D eigenvalue weighted by molar-refractivity contribution is 7.89. The molecule has 3 aromatic carbocycles. The lowest BCUT2D eigenvalue weighted by atomic mass is 10.1. The summed E-state index contributed by atoms with van der Waals surface area (Å²) in [4.78, 5) is 13.0. The molecule has 1 N–H and O–H groups in total. The first-order valence-electron chi connectivity index (χ1n) is 10.4. The van der Waals surface area contributed by atoms with Gasteiger partial charge in [-0.1, -0.05) is 77.3 Å². The Labute approximate surface area is 205 Å². The first-order valence-corrected chi connectivity index (χ1v) is 12.6. The number of benzene rings is 3. The Kier molecular flexibility index (Phi) is 8.19. The van der Waals surface area contributed by atoms with E-state index in [0.717, 1.165) is 11.1 Å². The normalized spacial score (nSPS) is 11.6. The standard InChI is InChI=1S/C25H26Cl2N2O3S/c1-17-11-18(2)25(19(3)12-17)33(31,32)29(15-21-9-10-22(26)23(27)13-21)16-24(30)28-14-20-7-5-4-6-8-20/h4-13H,14-16H2,1-3H3,(H,28,30). The number of nitrogens with zero attached hydrogens (tertiary/aromatic N) is 1. The van der Waals surface area contributed by atoms with E-state index in [9.17, 15) is 13.2 Å². The van der Waals surface area contributed by atoms with Crippen LogP contribution in [0.25, 0.3) is 0 Å². The Morgan fingerprint density at radius 3 is 2.12 bits per heavy atom. The summed E-state index contributed by atoms with van der Waals surface area (Å²) in [6.07, 6.45) is 0. The van der Waals surface area contributed by atoms with E-state index in [4.69, 9.17) is 23.2 Å². The number of nitrogens with one attached hydrogen (secondary N) is 1. The fraction of sp³-hybridized carbons (Fsp3) is 0.240. The van der Waals surface area contributed by atoms with E-state index < -0.39 is 15.9 Å². The Balaban J connectivity index is 1.92. The first-order chi connectivity index (χ1) is 15.6. The van der Waals surface area contributed by atoms with Crippen LogP contribution in [0.1, 0.15) is 27.8 Å². The molecule has 3 aromatic rings. The van der Waals surface area contributed by atoms with E-state index in [-0.39, 0.29) is 18.0 Å². The number of hydrogen-bond donors (Lipinski definition) is 1. The van der Waals surface area contributed by atoms with Crippen molar-refractivity contribution in [3.05, 3.63) is 98.5 Å². The molecule has 0 saturated carbocycles. The molecular formula is C25H26Cl2N2O3S. The van der Waals surface area contributed by atoms with Gasteiger partial charge in [-0.05, 0) is 55.2 Å². The largest absolute Gasteiger partial charge is 0.351 e. The molecule has 0 heterocycles. The summed E-state index contributed by atoms with van der Waals surface area (Å²) >= 11 is 12.2. The van der Waals surface area contributed by atoms with Crippen molar-refractivity contribution in [2.24, 2.45) is 0 Å². The van der Waals surface area contributed by atoms with Crippen LogP contribution >= 0.6 is 23.2 Å². The zero-order valence-electron chi connectivity index (χ0n) is 18.7. The number of amides is 1. The maximum atomic E-state index is 13.7. The fourth-order valence-electron chi connectivity index (χ4n) is 3.78. The molecule has 0 aliphatic rings. The van der Waals surface area contributed by atoms with Crippen molar-refractivity contribution in [2.45, 2.75) is 38.8 Å². The molecule has 0 unspecified atom stereocenters. The van der Waals surface area contributed by atoms with Gasteiger partial charge in [-0.3, -0.25) is 4.79 Å². The monoisotopic (exact) mass is 504 g/mol. The summed E-state index contributed by atoms with van der Waals surface area (Å²) in [6.45, 7) is 5.40. The molecule has 0 aliphatic carbocycles. The zero-order chi connectivity index (χ0) is 24.2. The van der Waals surface area contributed by atoms with Crippen molar-refractivity contribution < 1.29 is 13.2 Å². The van der Waals surface area contributed by atoms with Crippen LogP contribution < -0.4 is 5.32 Å². The van der Waals surface area contributed by atoms with Gasteiger partial charge in [0.1, 0.15) is 0 Å². The van der Waals surface area contributed by atoms with Gasteiger partial charge in [-0.25, -0.2) is 8.42 Å². The highest BCUT2D eigenvalue weighted by Gasteiger charge is 2.30. The van der Waals surface area contributed by atoms with Crippen molar-refractivity contribution in [2.75, 3.05) is 6.54 Å². The van der Waals surface area contributed by atoms with Crippen molar-refractivity contribution in [3.8, 4) is 0 Å². The van der Waals surface area contributed by atoms with Crippen LogP contribution in [0.5, 0.6) is 0 Å². The van der Waals surface area contributed by atoms with Gasteiger partial charge in [0, 0.05) is 13.1 Å². The van der Waals surface area contributed by atoms with Crippen molar-refractivity contribution in [1.29, 1.82) is 0 Å². The van der Waals surface area contributed by atoms with E-state index in [1.54, 1.807) is 32.0 Å². The first kappa shape index (κ1) is 25.2. The summed E-state index contributed by atoms with van der Waals surface area (Å²) in [5, 5.41) is 3.50. The predicted molar refractivity (Wildman–Crippen MR) is 133 cm³/mol. The minimum atomic E-state index is -3.98. The van der Waals surface area contributed by atoms with E-state index in [1.165, 1.54) is 4.31 Å². The number of rotatable bonds is 8. The number of hydrogen-bond acceptors (Lipinski definition) is 3. The zero-order valence-corrected chi connectivity index (χ0v) is 21.1. The Bertz CT molecular complexity index is 1240. The van der Waals surface area contributed by atoms with Gasteiger partial charge in [0.15, 0.2) is 0 Å². The van der Waals surface area contributed by atoms with E-state index in [0.29, 0.717) is 33.3 Å². The number of carbonyl (C=O) groups is 1. The van der Waals surface area contributed by atoms with Crippen LogP contribution in [-0.4, -0.2) is 25.2 Å². The molecule has 0 aliphatic heterocycles. The lowest BCUT2D eigenvalue weighted by Gasteiger charge is -2.24. The molecule has 3 rings (SSSR count). The lowest BCUT2D eigenvalue weighted by Crippen LogP contribution is -2.40. The minimum Gasteiger partial charge on any atom is -0.351 e. The Morgan fingerprint density at radius 1 is 0.879 bits per heavy atom. The van der Waals surface area contributed by atoms with Gasteiger partial charge in [-0.15, -0.1) is 0 Å². The van der Waals surface area contributed by atoms with Crippen LogP contribution in [0.4, 0.5) is 0 Å². The SMILES string of the molecule is Cc1cc(C)c(S(=O)(=O)N(CC(=O)NCc2ccccc2)Cc2ccc(Cl)c(Cl)c2)c(C)c1. The quantitative estimate of drug-likeness (QED) is 0.444. The summed E-state index contributed by atoms with van der Waals surface area (Å²) < 4.78 is 28.7. The predicted octanol–water partition coefficient (Wildman–Crippen LogP) is 5.43. The average molecular weight is 505 g/mol. The third-order valence-corrected chi connectivity index (χ3v) is 8.03. The lowest BCUT2D eigenvalue weighted by molar-refractivity contribution is -0.121. The van der Waals surface area contributed by atoms with Gasteiger partial charge < -0.3 is 5.32 Å². The van der Waals surface area contributed by atoms with Crippen LogP contribution in [0, 0.1) is 20.8 Å². The smallest absolute Gasteiger partial charge is 0.244 e. The maximum Gasteiger partial charge on any atom is 0.244 e. The summed E-state index contributed by atoms with van der Waals surface area (Å²) in [5.74, 6) is -0.398. The molecule has 174 valence electrons. The Hall–Kier alpha value is -2.38. The molecule has 0 spiro atoms. The second kappa shape index (κ2) is 10.7. The van der Waals surface area contributed by atoms with Gasteiger partial charge >= 0.3 is 0 Å². The number of carbonyl (C=O) groups excluding carboxylic acids is 1. The minimum absolute atomic E-state index is 0.0231. The van der Waals surface area contributed by atoms with Gasteiger partial charge in [0.05, 0.1) is 21.5 Å². The molecule has 0 radical (unpaired) electrons. The van der Waals surface area contributed by atoms with Crippen LogP contribution in [0.15, 0.2) is 65.6 Å². The fourth-order valence-corrected chi connectivity index (χ4v) is 5.90. The maximum absolute atomic E-state index is 13.7. The second-order valence-electron chi connectivity index (χ2n) is 8.01. The summed E-state index contributed by atoms with van der Waals surface area (Å²) in [5.41, 5.74) is 3.80. The summed E-state index contributed by atoms with van der Waals surface area (Å²) in [6, 6.07) is 18.0. The molecule has 8 heteroatoms. The molecule has 0 aromatic heterocycles. The van der Waals surface area contributed by atoms with Crippen molar-refractivity contribution >= 4 is 39.1 Å².